The van der Waals surface area contributed by atoms with Gasteiger partial charge in [-0.3, -0.25) is 48.5 Å². The number of carbonyl (C=O) groups excluding carboxylic acids is 9. The molecular weight excluding hydrogens is 1080 g/mol. The lowest BCUT2D eigenvalue weighted by atomic mass is 9.79. The zero-order valence-corrected chi connectivity index (χ0v) is 48.7. The van der Waals surface area contributed by atoms with E-state index in [2.05, 4.69) is 54.8 Å². The van der Waals surface area contributed by atoms with Gasteiger partial charge in [-0.1, -0.05) is 88.7 Å². The first kappa shape index (κ1) is 67.5. The van der Waals surface area contributed by atoms with Crippen molar-refractivity contribution in [3.8, 4) is 0 Å². The number of hydrogen-bond acceptors (Lipinski definition) is 15. The quantitative estimate of drug-likeness (QED) is 0.0262. The van der Waals surface area contributed by atoms with E-state index in [1.54, 1.807) is 58.0 Å². The third-order valence-electron chi connectivity index (χ3n) is 14.7. The van der Waals surface area contributed by atoms with Crippen LogP contribution in [0.5, 0.6) is 0 Å². The van der Waals surface area contributed by atoms with Crippen LogP contribution in [0.3, 0.4) is 0 Å². The predicted molar refractivity (Wildman–Crippen MR) is 304 cm³/mol. The van der Waals surface area contributed by atoms with Crippen molar-refractivity contribution in [2.75, 3.05) is 18.8 Å². The molecule has 0 aromatic heterocycles. The van der Waals surface area contributed by atoms with Crippen molar-refractivity contribution in [3.05, 3.63) is 71.3 Å². The first-order chi connectivity index (χ1) is 38.5. The van der Waals surface area contributed by atoms with Crippen molar-refractivity contribution in [1.82, 2.24) is 47.9 Å². The first-order valence-electron chi connectivity index (χ1n) is 27.8. The molecule has 2 saturated heterocycles. The molecule has 0 saturated carbocycles. The second kappa shape index (κ2) is 31.5. The summed E-state index contributed by atoms with van der Waals surface area (Å²) >= 11 is 1.82. The van der Waals surface area contributed by atoms with E-state index in [0.717, 1.165) is 18.6 Å². The number of carboxylic acids is 2. The van der Waals surface area contributed by atoms with E-state index in [-0.39, 0.29) is 77.1 Å². The van der Waals surface area contributed by atoms with Crippen LogP contribution in [0, 0.1) is 11.8 Å². The number of aliphatic carboxylic acids is 2. The summed E-state index contributed by atoms with van der Waals surface area (Å²) in [6, 6.07) is 4.67. The van der Waals surface area contributed by atoms with Crippen molar-refractivity contribution in [1.29, 1.82) is 0 Å². The third kappa shape index (κ3) is 19.9. The molecule has 82 heavy (non-hydrogen) atoms. The number of urea groups is 1. The highest BCUT2D eigenvalue weighted by molar-refractivity contribution is 8.00. The number of ketones is 2. The van der Waals surface area contributed by atoms with E-state index in [1.165, 1.54) is 38.1 Å². The monoisotopic (exact) mass is 1170 g/mol. The van der Waals surface area contributed by atoms with Gasteiger partial charge in [-0.15, -0.1) is 0 Å². The lowest BCUT2D eigenvalue weighted by Gasteiger charge is -2.35. The molecule has 0 radical (unpaired) electrons. The Labute approximate surface area is 482 Å². The van der Waals surface area contributed by atoms with Crippen molar-refractivity contribution in [2.45, 2.75) is 184 Å². The minimum Gasteiger partial charge on any atom is -0.481 e. The molecular formula is C57H83N9O15S. The summed E-state index contributed by atoms with van der Waals surface area (Å²) in [5.41, 5.74) is 0.372. The van der Waals surface area contributed by atoms with Crippen LogP contribution in [-0.2, 0) is 49.6 Å². The number of thioether (sulfide) groups is 1. The molecule has 0 spiro atoms. The number of amides is 8. The summed E-state index contributed by atoms with van der Waals surface area (Å²) in [5, 5.41) is 64.9. The van der Waals surface area contributed by atoms with Crippen LogP contribution in [-0.4, -0.2) is 169 Å². The fraction of sp³-hybridized carbons (Fsp3) is 0.596. The predicted octanol–water partition coefficient (Wildman–Crippen LogP) is 1.23. The highest BCUT2D eigenvalue weighted by atomic mass is 32.2. The molecule has 13 N–H and O–H groups in total. The summed E-state index contributed by atoms with van der Waals surface area (Å²) < 4.78 is 0. The Morgan fingerprint density at radius 3 is 1.80 bits per heavy atom. The number of rotatable bonds is 35. The molecule has 2 aromatic carbocycles. The summed E-state index contributed by atoms with van der Waals surface area (Å²) in [6.07, 6.45) is -0.618. The van der Waals surface area contributed by atoms with Crippen molar-refractivity contribution < 1.29 is 73.2 Å². The highest BCUT2D eigenvalue weighted by Gasteiger charge is 2.60. The minimum atomic E-state index is -1.84. The molecule has 0 aliphatic carbocycles. The fourth-order valence-electron chi connectivity index (χ4n) is 9.69. The molecule has 2 fully saturated rings. The van der Waals surface area contributed by atoms with E-state index in [9.17, 15) is 73.2 Å². The lowest BCUT2D eigenvalue weighted by molar-refractivity contribution is -0.144. The number of unbranched alkanes of at least 4 members (excludes halogenated alkanes) is 2. The SMILES string of the molecule is CC(C)C[C@H](NC(=O)[C@H](CC(=O)O)NC(=O)[C@H](Cc1ccc(C(=O)c2ccccc2)cc1)NC(=O)[C@@H](NC(=O)[C@@H](NC(=O)[C@@H](NCC(=O)CCCCNC(=O)CCCC[C@@H]1SC[C@]2(C)NC(=O)N[C@]12C)[C@@H](C)O)C(C)C)[C@@H](C)O)C(=O)O. The number of aliphatic hydroxyl groups excluding tert-OH is 2. The van der Waals surface area contributed by atoms with E-state index in [4.69, 9.17) is 0 Å². The average molecular weight is 1170 g/mol. The van der Waals surface area contributed by atoms with Crippen LogP contribution in [0.4, 0.5) is 4.79 Å². The van der Waals surface area contributed by atoms with Crippen molar-refractivity contribution in [3.63, 3.8) is 0 Å². The molecule has 452 valence electrons. The van der Waals surface area contributed by atoms with E-state index in [0.29, 0.717) is 43.4 Å². The van der Waals surface area contributed by atoms with E-state index < -0.39 is 102 Å². The number of benzene rings is 2. The van der Waals surface area contributed by atoms with Crippen LogP contribution >= 0.6 is 11.8 Å². The zero-order chi connectivity index (χ0) is 61.1. The minimum absolute atomic E-state index is 0.0272. The van der Waals surface area contributed by atoms with Crippen molar-refractivity contribution >= 4 is 76.7 Å². The van der Waals surface area contributed by atoms with Gasteiger partial charge in [0.25, 0.3) is 0 Å². The van der Waals surface area contributed by atoms with Gasteiger partial charge in [0.15, 0.2) is 5.78 Å². The Balaban J connectivity index is 1.36. The molecule has 4 rings (SSSR count). The summed E-state index contributed by atoms with van der Waals surface area (Å²) in [6.45, 7) is 13.2. The molecule has 0 unspecified atom stereocenters. The maximum Gasteiger partial charge on any atom is 0.326 e. The topological polar surface area (TPSA) is 377 Å². The molecule has 11 atom stereocenters. The molecule has 25 heteroatoms. The second-order valence-electron chi connectivity index (χ2n) is 22.4. The number of carboxylic acid groups (broad SMARTS) is 2. The van der Waals surface area contributed by atoms with Gasteiger partial charge in [-0.25, -0.2) is 9.59 Å². The fourth-order valence-corrected chi connectivity index (χ4v) is 11.6. The number of carbonyl (C=O) groups is 11. The maximum absolute atomic E-state index is 14.2. The number of aliphatic hydroxyl groups is 2. The first-order valence-corrected chi connectivity index (χ1v) is 28.9. The molecule has 2 aromatic rings. The number of nitrogens with one attached hydrogen (secondary N) is 9. The average Bonchev–Trinajstić information content (AvgIpc) is 4.00. The Hall–Kier alpha value is -6.96. The van der Waals surface area contributed by atoms with Crippen molar-refractivity contribution in [2.24, 2.45) is 11.8 Å². The lowest BCUT2D eigenvalue weighted by Crippen LogP contribution is -2.63. The van der Waals surface area contributed by atoms with Gasteiger partial charge in [0, 0.05) is 47.9 Å². The van der Waals surface area contributed by atoms with Gasteiger partial charge in [0.2, 0.25) is 35.4 Å². The van der Waals surface area contributed by atoms with Crippen LogP contribution in [0.25, 0.3) is 0 Å². The smallest absolute Gasteiger partial charge is 0.326 e. The van der Waals surface area contributed by atoms with Gasteiger partial charge in [-0.05, 0) is 77.2 Å². The zero-order valence-electron chi connectivity index (χ0n) is 47.9. The van der Waals surface area contributed by atoms with Gasteiger partial charge < -0.3 is 63.0 Å². The summed E-state index contributed by atoms with van der Waals surface area (Å²) in [5.74, 6) is -8.91. The Kier molecular flexibility index (Phi) is 25.9. The maximum atomic E-state index is 14.2. The molecule has 8 amide bonds. The van der Waals surface area contributed by atoms with Crippen LogP contribution < -0.4 is 47.9 Å². The number of hydrogen-bond donors (Lipinski definition) is 13. The van der Waals surface area contributed by atoms with Crippen LogP contribution in [0.1, 0.15) is 135 Å². The van der Waals surface area contributed by atoms with Crippen LogP contribution in [0.15, 0.2) is 54.6 Å². The second-order valence-corrected chi connectivity index (χ2v) is 23.6. The Morgan fingerprint density at radius 2 is 1.21 bits per heavy atom. The highest BCUT2D eigenvalue weighted by Crippen LogP contribution is 2.47. The summed E-state index contributed by atoms with van der Waals surface area (Å²) in [4.78, 5) is 144. The molecule has 24 nitrogen and oxygen atoms in total. The van der Waals surface area contributed by atoms with Gasteiger partial charge >= 0.3 is 18.0 Å². The molecule has 2 heterocycles. The van der Waals surface area contributed by atoms with Gasteiger partial charge in [0.05, 0.1) is 36.3 Å². The largest absolute Gasteiger partial charge is 0.481 e. The molecule has 2 aliphatic heterocycles. The number of Topliss-reactive ketones (excluding diaryl/α,β-unsaturated/α-hetero) is 1. The number of fused-ring (bicyclic) bond motifs is 1. The van der Waals surface area contributed by atoms with Crippen LogP contribution in [0.2, 0.25) is 0 Å². The molecule has 0 bridgehead atoms. The van der Waals surface area contributed by atoms with Gasteiger partial charge in [-0.2, -0.15) is 11.8 Å². The summed E-state index contributed by atoms with van der Waals surface area (Å²) in [7, 11) is 0. The molecule has 2 aliphatic rings. The van der Waals surface area contributed by atoms with E-state index >= 15 is 0 Å². The third-order valence-corrected chi connectivity index (χ3v) is 16.6. The normalized spacial score (nSPS) is 20.2. The van der Waals surface area contributed by atoms with Gasteiger partial charge in [0.1, 0.15) is 42.0 Å². The van der Waals surface area contributed by atoms with E-state index in [1.807, 2.05) is 18.7 Å². The Bertz CT molecular complexity index is 2590. The standard InChI is InChI=1S/C57H83N9O15S/c1-31(2)26-41(54(79)80)62-50(75)40(28-44(71)72)60-49(74)39(27-35-21-23-37(24-22-35)48(73)36-16-10-9-11-17-36)61-53(78)47(34(6)68)64-51(76)45(32(3)4)63-52(77)46(33(5)67)59-29-38(69)18-14-15-25-58-43(70)20-13-12-19-42-57(8)56(7,30-82-42)65-55(81)66-57/h9-11,16-17,21-24,31-34,39-42,45-47,59,67-68H,12-15,18-20,25-30H2,1-8H3,(H,58,70)(H,60,74)(H,61,78)(H,62,75)(H,63,77)(H,64,76)(H,71,72)(H,79,80)(H2,65,66,81)/t33-,34-,39+,40+,41+,42+,45+,46+,47+,56+,57-/m1/s1. The Morgan fingerprint density at radius 1 is 0.646 bits per heavy atom.